The summed E-state index contributed by atoms with van der Waals surface area (Å²) in [5.41, 5.74) is 7.20. The zero-order chi connectivity index (χ0) is 13.4. The van der Waals surface area contributed by atoms with Crippen LogP contribution in [0.4, 0.5) is 11.4 Å². The maximum atomic E-state index is 11.3. The molecule has 1 aromatic heterocycles. The molecule has 3 N–H and O–H groups in total. The van der Waals surface area contributed by atoms with Crippen LogP contribution in [0.15, 0.2) is 21.4 Å². The van der Waals surface area contributed by atoms with Gasteiger partial charge in [0.2, 0.25) is 0 Å². The molecule has 8 heteroatoms. The molecule has 0 bridgehead atoms. The Morgan fingerprint density at radius 3 is 3.11 bits per heavy atom. The number of aryl methyl sites for hydroxylation is 1. The summed E-state index contributed by atoms with van der Waals surface area (Å²) in [5.74, 6) is 1.16. The van der Waals surface area contributed by atoms with Gasteiger partial charge in [-0.25, -0.2) is 4.98 Å². The third kappa shape index (κ3) is 2.49. The maximum Gasteiger partial charge on any atom is 0.262 e. The standard InChI is InChI=1S/C11H10N4O2S2/c1-5-13-11(19-15-5)18-9-3-7-8(2-6(9)12)17-4-10(16)14-7/h2-3H,4,12H2,1H3,(H,14,16). The number of carbonyl (C=O) groups excluding carboxylic acids is 1. The molecule has 0 radical (unpaired) electrons. The van der Waals surface area contributed by atoms with Crippen molar-refractivity contribution in [2.75, 3.05) is 17.7 Å². The normalized spacial score (nSPS) is 13.6. The first kappa shape index (κ1) is 12.2. The number of ether oxygens (including phenoxy) is 1. The van der Waals surface area contributed by atoms with Crippen molar-refractivity contribution >= 4 is 40.6 Å². The average molecular weight is 294 g/mol. The summed E-state index contributed by atoms with van der Waals surface area (Å²) < 4.78 is 10.2. The smallest absolute Gasteiger partial charge is 0.262 e. The molecule has 1 aliphatic heterocycles. The van der Waals surface area contributed by atoms with Gasteiger partial charge in [-0.15, -0.1) is 0 Å². The fourth-order valence-corrected chi connectivity index (χ4v) is 3.30. The molecule has 0 fully saturated rings. The van der Waals surface area contributed by atoms with Crippen LogP contribution in [0.25, 0.3) is 0 Å². The number of rotatable bonds is 2. The zero-order valence-corrected chi connectivity index (χ0v) is 11.6. The predicted octanol–water partition coefficient (Wildman–Crippen LogP) is 1.91. The number of amides is 1. The molecule has 98 valence electrons. The lowest BCUT2D eigenvalue weighted by Crippen LogP contribution is -2.25. The summed E-state index contributed by atoms with van der Waals surface area (Å²) >= 11 is 2.74. The minimum absolute atomic E-state index is 0.0223. The van der Waals surface area contributed by atoms with Gasteiger partial charge in [0.05, 0.1) is 5.69 Å². The number of nitrogens with two attached hydrogens (primary N) is 1. The van der Waals surface area contributed by atoms with E-state index in [4.69, 9.17) is 10.5 Å². The van der Waals surface area contributed by atoms with Gasteiger partial charge in [0.15, 0.2) is 10.9 Å². The molecule has 0 aliphatic carbocycles. The summed E-state index contributed by atoms with van der Waals surface area (Å²) in [6.45, 7) is 1.86. The lowest BCUT2D eigenvalue weighted by molar-refractivity contribution is -0.118. The summed E-state index contributed by atoms with van der Waals surface area (Å²) in [4.78, 5) is 16.4. The van der Waals surface area contributed by atoms with Gasteiger partial charge in [0, 0.05) is 16.6 Å². The van der Waals surface area contributed by atoms with Gasteiger partial charge in [0.25, 0.3) is 5.91 Å². The Bertz CT molecular complexity index is 656. The Morgan fingerprint density at radius 1 is 1.53 bits per heavy atom. The van der Waals surface area contributed by atoms with Crippen molar-refractivity contribution in [2.45, 2.75) is 16.2 Å². The Labute approximate surface area is 117 Å². The van der Waals surface area contributed by atoms with Crippen LogP contribution in [0.1, 0.15) is 5.82 Å². The SMILES string of the molecule is Cc1nsc(Sc2cc3c(cc2N)OCC(=O)N3)n1. The number of carbonyl (C=O) groups is 1. The fourth-order valence-electron chi connectivity index (χ4n) is 1.62. The van der Waals surface area contributed by atoms with Crippen molar-refractivity contribution in [3.05, 3.63) is 18.0 Å². The van der Waals surface area contributed by atoms with Crippen molar-refractivity contribution in [1.29, 1.82) is 0 Å². The van der Waals surface area contributed by atoms with Crippen molar-refractivity contribution < 1.29 is 9.53 Å². The highest BCUT2D eigenvalue weighted by Gasteiger charge is 2.18. The summed E-state index contributed by atoms with van der Waals surface area (Å²) in [7, 11) is 0. The molecule has 0 unspecified atom stereocenters. The Balaban J connectivity index is 1.93. The molecular weight excluding hydrogens is 284 g/mol. The topological polar surface area (TPSA) is 90.1 Å². The fraction of sp³-hybridized carbons (Fsp3) is 0.182. The highest BCUT2D eigenvalue weighted by Crippen LogP contribution is 2.40. The molecule has 3 rings (SSSR count). The minimum Gasteiger partial charge on any atom is -0.482 e. The molecule has 1 aromatic carbocycles. The molecule has 19 heavy (non-hydrogen) atoms. The van der Waals surface area contributed by atoms with Gasteiger partial charge in [-0.1, -0.05) is 11.8 Å². The lowest BCUT2D eigenvalue weighted by Gasteiger charge is -2.19. The van der Waals surface area contributed by atoms with E-state index in [2.05, 4.69) is 14.7 Å². The maximum absolute atomic E-state index is 11.3. The van der Waals surface area contributed by atoms with Crippen LogP contribution in [-0.2, 0) is 4.79 Å². The van der Waals surface area contributed by atoms with E-state index in [1.54, 1.807) is 12.1 Å². The largest absolute Gasteiger partial charge is 0.482 e. The molecular formula is C11H10N4O2S2. The molecule has 0 atom stereocenters. The third-order valence-electron chi connectivity index (χ3n) is 2.45. The highest BCUT2D eigenvalue weighted by atomic mass is 32.2. The molecule has 0 spiro atoms. The van der Waals surface area contributed by atoms with E-state index >= 15 is 0 Å². The van der Waals surface area contributed by atoms with E-state index < -0.39 is 0 Å². The summed E-state index contributed by atoms with van der Waals surface area (Å²) in [6, 6.07) is 3.51. The van der Waals surface area contributed by atoms with Crippen LogP contribution >= 0.6 is 23.3 Å². The Hall–Kier alpha value is -1.80. The number of hydrogen-bond acceptors (Lipinski definition) is 7. The quantitative estimate of drug-likeness (QED) is 0.822. The van der Waals surface area contributed by atoms with E-state index in [0.29, 0.717) is 17.1 Å². The Morgan fingerprint density at radius 2 is 2.37 bits per heavy atom. The van der Waals surface area contributed by atoms with E-state index in [9.17, 15) is 4.79 Å². The molecule has 2 aromatic rings. The number of hydrogen-bond donors (Lipinski definition) is 2. The number of nitrogen functional groups attached to an aromatic ring is 1. The second-order valence-corrected chi connectivity index (χ2v) is 5.97. The molecule has 1 aliphatic rings. The van der Waals surface area contributed by atoms with Crippen molar-refractivity contribution in [3.8, 4) is 5.75 Å². The van der Waals surface area contributed by atoms with Gasteiger partial charge in [0.1, 0.15) is 11.6 Å². The van der Waals surface area contributed by atoms with E-state index in [1.807, 2.05) is 6.92 Å². The third-order valence-corrected chi connectivity index (χ3v) is 4.37. The number of nitrogens with one attached hydrogen (secondary N) is 1. The van der Waals surface area contributed by atoms with Gasteiger partial charge >= 0.3 is 0 Å². The van der Waals surface area contributed by atoms with Gasteiger partial charge in [-0.2, -0.15) is 4.37 Å². The number of aromatic nitrogens is 2. The molecule has 0 saturated heterocycles. The lowest BCUT2D eigenvalue weighted by atomic mass is 10.2. The minimum atomic E-state index is -0.167. The molecule has 2 heterocycles. The summed E-state index contributed by atoms with van der Waals surface area (Å²) in [6.07, 6.45) is 0. The van der Waals surface area contributed by atoms with E-state index in [0.717, 1.165) is 15.1 Å². The van der Waals surface area contributed by atoms with Crippen molar-refractivity contribution in [3.63, 3.8) is 0 Å². The van der Waals surface area contributed by atoms with Crippen LogP contribution in [0.2, 0.25) is 0 Å². The second kappa shape index (κ2) is 4.71. The molecule has 0 saturated carbocycles. The van der Waals surface area contributed by atoms with Crippen molar-refractivity contribution in [2.24, 2.45) is 0 Å². The van der Waals surface area contributed by atoms with Crippen molar-refractivity contribution in [1.82, 2.24) is 9.36 Å². The van der Waals surface area contributed by atoms with Crippen LogP contribution < -0.4 is 15.8 Å². The number of nitrogens with zero attached hydrogens (tertiary/aromatic N) is 2. The number of benzene rings is 1. The Kier molecular flexibility index (Phi) is 3.03. The van der Waals surface area contributed by atoms with Gasteiger partial charge in [-0.05, 0) is 24.5 Å². The van der Waals surface area contributed by atoms with Gasteiger partial charge in [-0.3, -0.25) is 4.79 Å². The number of anilines is 2. The first-order valence-corrected chi connectivity index (χ1v) is 7.05. The predicted molar refractivity (Wildman–Crippen MR) is 73.7 cm³/mol. The van der Waals surface area contributed by atoms with E-state index in [-0.39, 0.29) is 12.5 Å². The monoisotopic (exact) mass is 294 g/mol. The van der Waals surface area contributed by atoms with E-state index in [1.165, 1.54) is 23.3 Å². The molecule has 6 nitrogen and oxygen atoms in total. The van der Waals surface area contributed by atoms with Crippen LogP contribution in [0.5, 0.6) is 5.75 Å². The average Bonchev–Trinajstić information content (AvgIpc) is 2.76. The van der Waals surface area contributed by atoms with Crippen LogP contribution in [0, 0.1) is 6.92 Å². The first-order valence-electron chi connectivity index (χ1n) is 5.46. The van der Waals surface area contributed by atoms with Crippen LogP contribution in [-0.4, -0.2) is 21.9 Å². The molecule has 1 amide bonds. The number of fused-ring (bicyclic) bond motifs is 1. The first-order chi connectivity index (χ1) is 9.11. The zero-order valence-electron chi connectivity index (χ0n) is 9.97. The van der Waals surface area contributed by atoms with Crippen LogP contribution in [0.3, 0.4) is 0 Å². The second-order valence-electron chi connectivity index (χ2n) is 3.93. The summed E-state index contributed by atoms with van der Waals surface area (Å²) in [5, 5.41) is 2.75. The highest BCUT2D eigenvalue weighted by molar-refractivity contribution is 8.01. The van der Waals surface area contributed by atoms with Gasteiger partial charge < -0.3 is 15.8 Å².